The van der Waals surface area contributed by atoms with Crippen LogP contribution >= 0.6 is 0 Å². The third-order valence-electron chi connectivity index (χ3n) is 5.38. The largest absolute Gasteiger partial charge is 0.463 e. The van der Waals surface area contributed by atoms with Gasteiger partial charge in [0, 0.05) is 18.5 Å². The molecule has 132 valence electrons. The van der Waals surface area contributed by atoms with Crippen molar-refractivity contribution in [3.8, 4) is 0 Å². The van der Waals surface area contributed by atoms with Crippen LogP contribution in [0.5, 0.6) is 0 Å². The first-order chi connectivity index (χ1) is 11.5. The molecule has 3 rings (SSSR count). The lowest BCUT2D eigenvalue weighted by molar-refractivity contribution is 0.00767. The van der Waals surface area contributed by atoms with Crippen LogP contribution in [-0.4, -0.2) is 47.7 Å². The van der Waals surface area contributed by atoms with Gasteiger partial charge in [0.05, 0.1) is 13.2 Å². The van der Waals surface area contributed by atoms with Crippen molar-refractivity contribution in [2.24, 2.45) is 11.8 Å². The van der Waals surface area contributed by atoms with Crippen molar-refractivity contribution in [3.63, 3.8) is 0 Å². The third-order valence-corrected chi connectivity index (χ3v) is 5.38. The first-order valence-corrected chi connectivity index (χ1v) is 8.68. The molecule has 1 saturated heterocycles. The second-order valence-corrected chi connectivity index (χ2v) is 7.01. The van der Waals surface area contributed by atoms with Gasteiger partial charge in [-0.2, -0.15) is 0 Å². The van der Waals surface area contributed by atoms with E-state index in [9.17, 15) is 14.7 Å². The maximum atomic E-state index is 12.8. The van der Waals surface area contributed by atoms with Gasteiger partial charge in [-0.05, 0) is 50.2 Å². The molecule has 1 aromatic rings. The topological polar surface area (TPSA) is 80.0 Å². The van der Waals surface area contributed by atoms with Gasteiger partial charge in [0.25, 0.3) is 5.91 Å². The van der Waals surface area contributed by atoms with Gasteiger partial charge in [-0.3, -0.25) is 4.79 Å². The van der Waals surface area contributed by atoms with Crippen LogP contribution in [0.15, 0.2) is 16.5 Å². The molecular formula is C18H25NO5. The van der Waals surface area contributed by atoms with Crippen molar-refractivity contribution >= 4 is 11.9 Å². The lowest BCUT2D eigenvalue weighted by Crippen LogP contribution is -2.46. The second-order valence-electron chi connectivity index (χ2n) is 7.01. The van der Waals surface area contributed by atoms with Crippen molar-refractivity contribution in [3.05, 3.63) is 23.7 Å². The van der Waals surface area contributed by atoms with Crippen LogP contribution in [0.1, 0.15) is 60.1 Å². The van der Waals surface area contributed by atoms with Gasteiger partial charge in [0.2, 0.25) is 5.76 Å². The summed E-state index contributed by atoms with van der Waals surface area (Å²) in [5.74, 6) is 0.0749. The Labute approximate surface area is 141 Å². The van der Waals surface area contributed by atoms with Gasteiger partial charge in [-0.25, -0.2) is 4.79 Å². The first kappa shape index (κ1) is 17.0. The molecule has 1 aliphatic carbocycles. The van der Waals surface area contributed by atoms with Gasteiger partial charge in [0.1, 0.15) is 0 Å². The van der Waals surface area contributed by atoms with Crippen LogP contribution in [0.25, 0.3) is 0 Å². The number of aliphatic hydroxyl groups is 1. The van der Waals surface area contributed by atoms with Crippen LogP contribution in [0.3, 0.4) is 0 Å². The number of aliphatic hydroxyl groups excluding tert-OH is 1. The van der Waals surface area contributed by atoms with Crippen molar-refractivity contribution < 1.29 is 23.8 Å². The monoisotopic (exact) mass is 335 g/mol. The number of furan rings is 1. The summed E-state index contributed by atoms with van der Waals surface area (Å²) in [5.41, 5.74) is 0. The lowest BCUT2D eigenvalue weighted by atomic mass is 9.76. The number of hydrogen-bond acceptors (Lipinski definition) is 5. The third kappa shape index (κ3) is 3.20. The molecule has 0 bridgehead atoms. The predicted octanol–water partition coefficient (Wildman–Crippen LogP) is 2.47. The standard InChI is InChI=1S/C18H25NO5/c1-11-5-6-14(20)12(10-11)13-4-3-9-19(13)17(21)15-7-8-16(24-15)18(22)23-2/h7-8,11-14,20H,3-6,9-10H2,1-2H3/t11-,12+,13-,14+/m1/s1. The van der Waals surface area contributed by atoms with E-state index in [0.717, 1.165) is 32.1 Å². The van der Waals surface area contributed by atoms with E-state index in [2.05, 4.69) is 11.7 Å². The van der Waals surface area contributed by atoms with Crippen molar-refractivity contribution in [2.75, 3.05) is 13.7 Å². The molecule has 6 nitrogen and oxygen atoms in total. The van der Waals surface area contributed by atoms with Gasteiger partial charge in [-0.1, -0.05) is 6.92 Å². The number of methoxy groups -OCH3 is 1. The number of carbonyl (C=O) groups excluding carboxylic acids is 2. The molecule has 2 fully saturated rings. The SMILES string of the molecule is COC(=O)c1ccc(C(=O)N2CCC[C@@H]2[C@@H]2C[C@H](C)CC[C@@H]2O)o1. The number of rotatable bonds is 3. The predicted molar refractivity (Wildman–Crippen MR) is 86.6 cm³/mol. The molecule has 0 unspecified atom stereocenters. The molecule has 0 aromatic carbocycles. The smallest absolute Gasteiger partial charge is 0.373 e. The zero-order chi connectivity index (χ0) is 17.3. The number of likely N-dealkylation sites (tertiary alicyclic amines) is 1. The van der Waals surface area contributed by atoms with E-state index in [4.69, 9.17) is 4.42 Å². The Bertz CT molecular complexity index is 610. The summed E-state index contributed by atoms with van der Waals surface area (Å²) < 4.78 is 9.97. The maximum absolute atomic E-state index is 12.8. The number of amides is 1. The van der Waals surface area contributed by atoms with Crippen LogP contribution < -0.4 is 0 Å². The van der Waals surface area contributed by atoms with E-state index >= 15 is 0 Å². The average molecular weight is 335 g/mol. The Morgan fingerprint density at radius 2 is 2.00 bits per heavy atom. The minimum absolute atomic E-state index is 0.0305. The zero-order valence-electron chi connectivity index (χ0n) is 14.2. The Morgan fingerprint density at radius 1 is 1.25 bits per heavy atom. The van der Waals surface area contributed by atoms with E-state index in [1.807, 2.05) is 4.90 Å². The van der Waals surface area contributed by atoms with Gasteiger partial charge in [0.15, 0.2) is 5.76 Å². The van der Waals surface area contributed by atoms with Crippen LogP contribution in [0.4, 0.5) is 0 Å². The molecule has 0 spiro atoms. The maximum Gasteiger partial charge on any atom is 0.373 e. The highest BCUT2D eigenvalue weighted by atomic mass is 16.5. The first-order valence-electron chi connectivity index (χ1n) is 8.68. The van der Waals surface area contributed by atoms with Crippen molar-refractivity contribution in [1.82, 2.24) is 4.90 Å². The summed E-state index contributed by atoms with van der Waals surface area (Å²) in [6, 6.07) is 3.02. The number of carbonyl (C=O) groups is 2. The fourth-order valence-electron chi connectivity index (χ4n) is 4.12. The molecule has 6 heteroatoms. The summed E-state index contributed by atoms with van der Waals surface area (Å²) >= 11 is 0. The van der Waals surface area contributed by atoms with E-state index in [-0.39, 0.29) is 35.5 Å². The quantitative estimate of drug-likeness (QED) is 0.858. The molecule has 1 N–H and O–H groups in total. The summed E-state index contributed by atoms with van der Waals surface area (Å²) in [6.45, 7) is 2.87. The Morgan fingerprint density at radius 3 is 2.75 bits per heavy atom. The minimum atomic E-state index is -0.594. The summed E-state index contributed by atoms with van der Waals surface area (Å²) in [5, 5.41) is 10.4. The molecule has 1 saturated carbocycles. The van der Waals surface area contributed by atoms with Crippen molar-refractivity contribution in [2.45, 2.75) is 51.2 Å². The number of hydrogen-bond donors (Lipinski definition) is 1. The zero-order valence-corrected chi connectivity index (χ0v) is 14.2. The van der Waals surface area contributed by atoms with Crippen LogP contribution in [-0.2, 0) is 4.74 Å². The van der Waals surface area contributed by atoms with E-state index in [1.165, 1.54) is 19.2 Å². The Balaban J connectivity index is 1.76. The Hall–Kier alpha value is -1.82. The van der Waals surface area contributed by atoms with Crippen LogP contribution in [0.2, 0.25) is 0 Å². The second kappa shape index (κ2) is 6.97. The molecule has 0 radical (unpaired) electrons. The normalized spacial score (nSPS) is 30.4. The molecule has 1 aliphatic heterocycles. The molecule has 2 aliphatic rings. The van der Waals surface area contributed by atoms with Gasteiger partial charge in [-0.15, -0.1) is 0 Å². The summed E-state index contributed by atoms with van der Waals surface area (Å²) in [7, 11) is 1.27. The molecule has 24 heavy (non-hydrogen) atoms. The van der Waals surface area contributed by atoms with Gasteiger partial charge < -0.3 is 19.2 Å². The minimum Gasteiger partial charge on any atom is -0.463 e. The average Bonchev–Trinajstić information content (AvgIpc) is 3.25. The highest BCUT2D eigenvalue weighted by Gasteiger charge is 2.41. The molecule has 1 amide bonds. The highest BCUT2D eigenvalue weighted by Crippen LogP contribution is 2.37. The molecule has 4 atom stereocenters. The lowest BCUT2D eigenvalue weighted by Gasteiger charge is -2.39. The summed E-state index contributed by atoms with van der Waals surface area (Å²) in [6.07, 6.45) is 4.28. The van der Waals surface area contributed by atoms with E-state index in [0.29, 0.717) is 12.5 Å². The summed E-state index contributed by atoms with van der Waals surface area (Å²) in [4.78, 5) is 26.1. The van der Waals surface area contributed by atoms with E-state index in [1.54, 1.807) is 0 Å². The molecule has 2 heterocycles. The molecule has 1 aromatic heterocycles. The highest BCUT2D eigenvalue weighted by molar-refractivity contribution is 5.94. The number of nitrogens with zero attached hydrogens (tertiary/aromatic N) is 1. The van der Waals surface area contributed by atoms with Crippen molar-refractivity contribution in [1.29, 1.82) is 0 Å². The fraction of sp³-hybridized carbons (Fsp3) is 0.667. The van der Waals surface area contributed by atoms with Gasteiger partial charge >= 0.3 is 5.97 Å². The van der Waals surface area contributed by atoms with Crippen LogP contribution in [0, 0.1) is 11.8 Å². The molecular weight excluding hydrogens is 310 g/mol. The number of ether oxygens (including phenoxy) is 1. The number of esters is 1. The Kier molecular flexibility index (Phi) is 4.94. The van der Waals surface area contributed by atoms with E-state index < -0.39 is 5.97 Å². The fourth-order valence-corrected chi connectivity index (χ4v) is 4.12.